The minimum Gasteiger partial charge on any atom is -0.495 e. The van der Waals surface area contributed by atoms with Crippen LogP contribution in [0.4, 0.5) is 11.4 Å². The number of hydrogen-bond donors (Lipinski definition) is 1. The van der Waals surface area contributed by atoms with Crippen molar-refractivity contribution in [2.75, 3.05) is 23.9 Å². The molecule has 0 bridgehead atoms. The predicted molar refractivity (Wildman–Crippen MR) is 103 cm³/mol. The van der Waals surface area contributed by atoms with E-state index in [4.69, 9.17) is 16.3 Å². The van der Waals surface area contributed by atoms with Gasteiger partial charge in [0.05, 0.1) is 18.7 Å². The summed E-state index contributed by atoms with van der Waals surface area (Å²) < 4.78 is 5.33. The van der Waals surface area contributed by atoms with E-state index in [1.807, 2.05) is 32.0 Å². The molecule has 0 spiro atoms. The van der Waals surface area contributed by atoms with Crippen LogP contribution in [0.5, 0.6) is 5.75 Å². The van der Waals surface area contributed by atoms with Crippen molar-refractivity contribution >= 4 is 34.8 Å². The second-order valence-electron chi connectivity index (χ2n) is 6.59. The summed E-state index contributed by atoms with van der Waals surface area (Å²) in [6, 6.07) is 11.0. The van der Waals surface area contributed by atoms with Crippen LogP contribution in [0.25, 0.3) is 0 Å². The number of aryl methyl sites for hydroxylation is 2. The molecule has 1 aliphatic heterocycles. The highest BCUT2D eigenvalue weighted by Gasteiger charge is 2.36. The molecule has 1 aliphatic rings. The number of carbonyl (C=O) groups is 2. The van der Waals surface area contributed by atoms with Gasteiger partial charge in [0.25, 0.3) is 0 Å². The smallest absolute Gasteiger partial charge is 0.229 e. The molecule has 0 saturated carbocycles. The highest BCUT2D eigenvalue weighted by Crippen LogP contribution is 2.35. The Morgan fingerprint density at radius 2 is 1.88 bits per heavy atom. The summed E-state index contributed by atoms with van der Waals surface area (Å²) >= 11 is 6.06. The Morgan fingerprint density at radius 3 is 2.54 bits per heavy atom. The van der Waals surface area contributed by atoms with Crippen LogP contribution in [0.2, 0.25) is 5.02 Å². The fourth-order valence-electron chi connectivity index (χ4n) is 3.28. The zero-order chi connectivity index (χ0) is 18.8. The van der Waals surface area contributed by atoms with Crippen molar-refractivity contribution in [1.82, 2.24) is 0 Å². The van der Waals surface area contributed by atoms with Gasteiger partial charge in [-0.05, 0) is 55.3 Å². The van der Waals surface area contributed by atoms with Crippen LogP contribution >= 0.6 is 11.6 Å². The molecule has 0 aliphatic carbocycles. The van der Waals surface area contributed by atoms with E-state index in [9.17, 15) is 9.59 Å². The third-order valence-electron chi connectivity index (χ3n) is 4.42. The van der Waals surface area contributed by atoms with Crippen molar-refractivity contribution in [3.05, 3.63) is 52.5 Å². The molecule has 0 radical (unpaired) electrons. The van der Waals surface area contributed by atoms with E-state index in [1.165, 1.54) is 7.11 Å². The normalized spacial score (nSPS) is 16.7. The van der Waals surface area contributed by atoms with Crippen LogP contribution in [0.15, 0.2) is 36.4 Å². The van der Waals surface area contributed by atoms with E-state index < -0.39 is 5.92 Å². The van der Waals surface area contributed by atoms with Crippen LogP contribution in [0.3, 0.4) is 0 Å². The van der Waals surface area contributed by atoms with Crippen molar-refractivity contribution < 1.29 is 14.3 Å². The van der Waals surface area contributed by atoms with Crippen LogP contribution in [-0.2, 0) is 9.59 Å². The second kappa shape index (κ2) is 7.38. The van der Waals surface area contributed by atoms with Gasteiger partial charge in [0, 0.05) is 23.7 Å². The summed E-state index contributed by atoms with van der Waals surface area (Å²) in [5.74, 6) is -0.150. The first-order valence-electron chi connectivity index (χ1n) is 8.40. The number of methoxy groups -OCH3 is 1. The summed E-state index contributed by atoms with van der Waals surface area (Å²) in [7, 11) is 1.54. The molecule has 1 atom stereocenters. The van der Waals surface area contributed by atoms with Crippen LogP contribution in [-0.4, -0.2) is 25.5 Å². The fraction of sp³-hybridized carbons (Fsp3) is 0.300. The average molecular weight is 373 g/mol. The van der Waals surface area contributed by atoms with Crippen LogP contribution in [0.1, 0.15) is 17.5 Å². The molecule has 3 rings (SSSR count). The number of anilines is 2. The summed E-state index contributed by atoms with van der Waals surface area (Å²) in [6.07, 6.45) is 0.159. The standard InChI is InChI=1S/C20H21ClN2O3/c1-12-6-13(2)8-16(7-12)22-20(25)14-9-19(24)23(11-14)17-10-15(21)4-5-18(17)26-3/h4-8,10,14H,9,11H2,1-3H3,(H,22,25). The van der Waals surface area contributed by atoms with Crippen molar-refractivity contribution in [3.8, 4) is 5.75 Å². The molecule has 1 unspecified atom stereocenters. The monoisotopic (exact) mass is 372 g/mol. The molecule has 5 nitrogen and oxygen atoms in total. The lowest BCUT2D eigenvalue weighted by Crippen LogP contribution is -2.28. The molecule has 1 N–H and O–H groups in total. The maximum Gasteiger partial charge on any atom is 0.229 e. The van der Waals surface area contributed by atoms with Gasteiger partial charge in [-0.25, -0.2) is 0 Å². The number of rotatable bonds is 4. The van der Waals surface area contributed by atoms with Gasteiger partial charge in [-0.15, -0.1) is 0 Å². The third kappa shape index (κ3) is 3.83. The summed E-state index contributed by atoms with van der Waals surface area (Å²) in [5.41, 5.74) is 3.49. The fourth-order valence-corrected chi connectivity index (χ4v) is 3.45. The van der Waals surface area contributed by atoms with E-state index in [0.717, 1.165) is 16.8 Å². The quantitative estimate of drug-likeness (QED) is 0.883. The Labute approximate surface area is 157 Å². The van der Waals surface area contributed by atoms with Crippen LogP contribution < -0.4 is 15.0 Å². The second-order valence-corrected chi connectivity index (χ2v) is 7.02. The number of amides is 2. The topological polar surface area (TPSA) is 58.6 Å². The van der Waals surface area contributed by atoms with Crippen molar-refractivity contribution in [2.45, 2.75) is 20.3 Å². The molecule has 1 heterocycles. The van der Waals surface area contributed by atoms with Crippen molar-refractivity contribution in [2.24, 2.45) is 5.92 Å². The Balaban J connectivity index is 1.77. The van der Waals surface area contributed by atoms with Gasteiger partial charge in [0.15, 0.2) is 0 Å². The number of carbonyl (C=O) groups excluding carboxylic acids is 2. The van der Waals surface area contributed by atoms with Crippen molar-refractivity contribution in [3.63, 3.8) is 0 Å². The first-order chi connectivity index (χ1) is 12.4. The minimum atomic E-state index is -0.424. The van der Waals surface area contributed by atoms with Gasteiger partial charge in [-0.2, -0.15) is 0 Å². The Kier molecular flexibility index (Phi) is 5.18. The van der Waals surface area contributed by atoms with E-state index >= 15 is 0 Å². The van der Waals surface area contributed by atoms with E-state index in [2.05, 4.69) is 5.32 Å². The molecule has 2 amide bonds. The Morgan fingerprint density at radius 1 is 1.19 bits per heavy atom. The predicted octanol–water partition coefficient (Wildman–Crippen LogP) is 3.96. The molecule has 0 aromatic heterocycles. The summed E-state index contributed by atoms with van der Waals surface area (Å²) in [4.78, 5) is 26.7. The highest BCUT2D eigenvalue weighted by molar-refractivity contribution is 6.31. The molecular weight excluding hydrogens is 352 g/mol. The SMILES string of the molecule is COc1ccc(Cl)cc1N1CC(C(=O)Nc2cc(C)cc(C)c2)CC1=O. The first-order valence-corrected chi connectivity index (χ1v) is 8.78. The van der Waals surface area contributed by atoms with E-state index in [0.29, 0.717) is 23.0 Å². The zero-order valence-corrected chi connectivity index (χ0v) is 15.8. The number of ether oxygens (including phenoxy) is 1. The maximum atomic E-state index is 12.6. The zero-order valence-electron chi connectivity index (χ0n) is 15.0. The number of nitrogens with zero attached hydrogens (tertiary/aromatic N) is 1. The lowest BCUT2D eigenvalue weighted by atomic mass is 10.1. The molecular formula is C20H21ClN2O3. The van der Waals surface area contributed by atoms with Crippen LogP contribution in [0, 0.1) is 19.8 Å². The minimum absolute atomic E-state index is 0.119. The lowest BCUT2D eigenvalue weighted by molar-refractivity contribution is -0.122. The van der Waals surface area contributed by atoms with Crippen molar-refractivity contribution in [1.29, 1.82) is 0 Å². The Hall–Kier alpha value is -2.53. The summed E-state index contributed by atoms with van der Waals surface area (Å²) in [5, 5.41) is 3.43. The number of hydrogen-bond acceptors (Lipinski definition) is 3. The largest absolute Gasteiger partial charge is 0.495 e. The number of benzene rings is 2. The van der Waals surface area contributed by atoms with Gasteiger partial charge in [-0.3, -0.25) is 9.59 Å². The molecule has 2 aromatic rings. The molecule has 136 valence electrons. The molecule has 1 fully saturated rings. The van der Waals surface area contributed by atoms with E-state index in [-0.39, 0.29) is 18.2 Å². The molecule has 26 heavy (non-hydrogen) atoms. The lowest BCUT2D eigenvalue weighted by Gasteiger charge is -2.20. The van der Waals surface area contributed by atoms with Gasteiger partial charge in [0.1, 0.15) is 5.75 Å². The molecule has 1 saturated heterocycles. The highest BCUT2D eigenvalue weighted by atomic mass is 35.5. The number of nitrogens with one attached hydrogen (secondary N) is 1. The molecule has 6 heteroatoms. The Bertz CT molecular complexity index is 846. The van der Waals surface area contributed by atoms with Gasteiger partial charge in [-0.1, -0.05) is 17.7 Å². The number of halogens is 1. The summed E-state index contributed by atoms with van der Waals surface area (Å²) in [6.45, 7) is 4.26. The third-order valence-corrected chi connectivity index (χ3v) is 4.65. The van der Waals surface area contributed by atoms with Gasteiger partial charge in [0.2, 0.25) is 11.8 Å². The first kappa shape index (κ1) is 18.3. The van der Waals surface area contributed by atoms with Gasteiger partial charge >= 0.3 is 0 Å². The van der Waals surface area contributed by atoms with Gasteiger partial charge < -0.3 is 15.0 Å². The average Bonchev–Trinajstić information content (AvgIpc) is 2.95. The maximum absolute atomic E-state index is 12.6. The molecule has 2 aromatic carbocycles. The van der Waals surface area contributed by atoms with E-state index in [1.54, 1.807) is 23.1 Å².